The van der Waals surface area contributed by atoms with Crippen LogP contribution in [0.15, 0.2) is 12.2 Å². The Bertz CT molecular complexity index is 289. The van der Waals surface area contributed by atoms with Crippen LogP contribution >= 0.6 is 0 Å². The van der Waals surface area contributed by atoms with Gasteiger partial charge in [0.1, 0.15) is 6.04 Å². The predicted octanol–water partition coefficient (Wildman–Crippen LogP) is -0.0482. The average molecular weight is 289 g/mol. The second kappa shape index (κ2) is 10.8. The fourth-order valence-corrected chi connectivity index (χ4v) is 1.66. The fraction of sp³-hybridized carbons (Fsp3) is 0.786. The van der Waals surface area contributed by atoms with Crippen molar-refractivity contribution in [3.05, 3.63) is 12.2 Å². The van der Waals surface area contributed by atoms with Crippen LogP contribution < -0.4 is 5.11 Å². The summed E-state index contributed by atoms with van der Waals surface area (Å²) in [6.45, 7) is 2.84. The van der Waals surface area contributed by atoms with Crippen molar-refractivity contribution < 1.29 is 29.3 Å². The first-order valence-corrected chi connectivity index (χ1v) is 7.05. The van der Waals surface area contributed by atoms with E-state index in [2.05, 4.69) is 13.0 Å². The SMILES string of the molecule is CCCC/C=C/CCOC[N+](CO)(CO)C(C)C(=O)[O-]. The van der Waals surface area contributed by atoms with Crippen LogP contribution in [0.2, 0.25) is 0 Å². The number of carboxylic acid groups (broad SMARTS) is 1. The molecule has 1 unspecified atom stereocenters. The van der Waals surface area contributed by atoms with Gasteiger partial charge in [-0.15, -0.1) is 0 Å². The molecule has 0 aromatic heterocycles. The van der Waals surface area contributed by atoms with E-state index < -0.39 is 30.0 Å². The molecule has 0 aromatic carbocycles. The molecule has 6 heteroatoms. The molecular formula is C14H27NO5. The number of aliphatic carboxylic acids is 1. The highest BCUT2D eigenvalue weighted by Crippen LogP contribution is 2.12. The van der Waals surface area contributed by atoms with Gasteiger partial charge in [0.05, 0.1) is 12.6 Å². The van der Waals surface area contributed by atoms with E-state index in [4.69, 9.17) is 4.74 Å². The molecule has 6 nitrogen and oxygen atoms in total. The molecule has 0 heterocycles. The Kier molecular flexibility index (Phi) is 10.3. The molecule has 0 saturated carbocycles. The number of carbonyl (C=O) groups is 1. The molecule has 20 heavy (non-hydrogen) atoms. The lowest BCUT2D eigenvalue weighted by Gasteiger charge is -2.39. The summed E-state index contributed by atoms with van der Waals surface area (Å²) < 4.78 is 4.90. The summed E-state index contributed by atoms with van der Waals surface area (Å²) in [5.41, 5.74) is 0. The molecule has 0 rings (SSSR count). The molecule has 2 N–H and O–H groups in total. The number of carbonyl (C=O) groups excluding carboxylic acids is 1. The highest BCUT2D eigenvalue weighted by atomic mass is 16.5. The van der Waals surface area contributed by atoms with Gasteiger partial charge in [-0.3, -0.25) is 0 Å². The second-order valence-corrected chi connectivity index (χ2v) is 4.94. The Morgan fingerprint density at radius 2 is 1.90 bits per heavy atom. The maximum Gasteiger partial charge on any atom is 0.187 e. The smallest absolute Gasteiger partial charge is 0.187 e. The Morgan fingerprint density at radius 3 is 2.40 bits per heavy atom. The van der Waals surface area contributed by atoms with E-state index in [9.17, 15) is 20.1 Å². The number of hydrogen-bond donors (Lipinski definition) is 2. The Morgan fingerprint density at radius 1 is 1.30 bits per heavy atom. The molecule has 0 spiro atoms. The van der Waals surface area contributed by atoms with Crippen LogP contribution in [0.3, 0.4) is 0 Å². The molecule has 0 fully saturated rings. The van der Waals surface area contributed by atoms with Crippen LogP contribution in [0.1, 0.15) is 39.5 Å². The van der Waals surface area contributed by atoms with E-state index >= 15 is 0 Å². The first kappa shape index (κ1) is 19.1. The molecule has 0 aromatic rings. The number of hydrogen-bond acceptors (Lipinski definition) is 5. The Labute approximate surface area is 120 Å². The normalized spacial score (nSPS) is 13.8. The van der Waals surface area contributed by atoms with Crippen molar-refractivity contribution in [2.45, 2.75) is 45.6 Å². The maximum absolute atomic E-state index is 10.9. The molecule has 0 bridgehead atoms. The quantitative estimate of drug-likeness (QED) is 0.228. The monoisotopic (exact) mass is 289 g/mol. The van der Waals surface area contributed by atoms with Crippen molar-refractivity contribution in [2.75, 3.05) is 26.8 Å². The Hall–Kier alpha value is -0.950. The van der Waals surface area contributed by atoms with E-state index in [0.29, 0.717) is 6.61 Å². The van der Waals surface area contributed by atoms with Crippen LogP contribution in [0.25, 0.3) is 0 Å². The number of ether oxygens (including phenoxy) is 1. The van der Waals surface area contributed by atoms with Crippen LogP contribution in [-0.2, 0) is 9.53 Å². The summed E-state index contributed by atoms with van der Waals surface area (Å²) in [5.74, 6) is -1.32. The minimum absolute atomic E-state index is 0.0645. The van der Waals surface area contributed by atoms with Crippen molar-refractivity contribution in [2.24, 2.45) is 0 Å². The van der Waals surface area contributed by atoms with E-state index in [0.717, 1.165) is 25.7 Å². The zero-order chi connectivity index (χ0) is 15.4. The largest absolute Gasteiger partial charge is 0.544 e. The van der Waals surface area contributed by atoms with Gasteiger partial charge in [0.2, 0.25) is 0 Å². The van der Waals surface area contributed by atoms with Crippen LogP contribution in [0.5, 0.6) is 0 Å². The third-order valence-corrected chi connectivity index (χ3v) is 3.39. The van der Waals surface area contributed by atoms with Gasteiger partial charge in [-0.05, 0) is 19.8 Å². The highest BCUT2D eigenvalue weighted by Gasteiger charge is 2.33. The molecular weight excluding hydrogens is 262 g/mol. The van der Waals surface area contributed by atoms with Gasteiger partial charge in [0, 0.05) is 0 Å². The summed E-state index contributed by atoms with van der Waals surface area (Å²) in [7, 11) is 0. The van der Waals surface area contributed by atoms with E-state index in [1.807, 2.05) is 6.08 Å². The van der Waals surface area contributed by atoms with Gasteiger partial charge < -0.3 is 24.9 Å². The van der Waals surface area contributed by atoms with E-state index in [-0.39, 0.29) is 6.73 Å². The third-order valence-electron chi connectivity index (χ3n) is 3.39. The predicted molar refractivity (Wildman–Crippen MR) is 73.0 cm³/mol. The second-order valence-electron chi connectivity index (χ2n) is 4.94. The number of unbranched alkanes of at least 4 members (excludes halogenated alkanes) is 2. The summed E-state index contributed by atoms with van der Waals surface area (Å²) in [6.07, 6.45) is 8.21. The van der Waals surface area contributed by atoms with Crippen molar-refractivity contribution >= 4 is 5.97 Å². The Balaban J connectivity index is 4.10. The molecule has 0 amide bonds. The first-order valence-electron chi connectivity index (χ1n) is 7.05. The van der Waals surface area contributed by atoms with Gasteiger partial charge in [-0.1, -0.05) is 31.9 Å². The lowest BCUT2D eigenvalue weighted by atomic mass is 10.2. The van der Waals surface area contributed by atoms with Crippen molar-refractivity contribution in [3.63, 3.8) is 0 Å². The standard InChI is InChI=1S/C14H27NO5/c1-3-4-5-6-7-8-9-20-12-15(10-16,11-17)13(2)14(18)19/h6-7,13,16-17H,3-5,8-12H2,1-2H3/b7-6+. The number of aliphatic hydroxyl groups is 2. The van der Waals surface area contributed by atoms with E-state index in [1.54, 1.807) is 0 Å². The first-order chi connectivity index (χ1) is 9.54. The number of rotatable bonds is 12. The van der Waals surface area contributed by atoms with Gasteiger partial charge in [0.15, 0.2) is 20.2 Å². The van der Waals surface area contributed by atoms with Crippen LogP contribution in [-0.4, -0.2) is 53.5 Å². The van der Waals surface area contributed by atoms with Crippen molar-refractivity contribution in [3.8, 4) is 0 Å². The van der Waals surface area contributed by atoms with Crippen LogP contribution in [0.4, 0.5) is 0 Å². The van der Waals surface area contributed by atoms with Crippen molar-refractivity contribution in [1.82, 2.24) is 0 Å². The molecule has 0 aliphatic rings. The van der Waals surface area contributed by atoms with Gasteiger partial charge in [-0.2, -0.15) is 0 Å². The minimum atomic E-state index is -1.32. The number of allylic oxidation sites excluding steroid dienone is 1. The number of carboxylic acids is 1. The molecule has 1 atom stereocenters. The molecule has 0 aliphatic heterocycles. The number of quaternary nitrogens is 1. The zero-order valence-electron chi connectivity index (χ0n) is 12.5. The third kappa shape index (κ3) is 6.47. The molecule has 0 saturated heterocycles. The zero-order valence-corrected chi connectivity index (χ0v) is 12.5. The van der Waals surface area contributed by atoms with Gasteiger partial charge >= 0.3 is 0 Å². The highest BCUT2D eigenvalue weighted by molar-refractivity contribution is 5.69. The topological polar surface area (TPSA) is 89.8 Å². The average Bonchev–Trinajstić information content (AvgIpc) is 2.45. The van der Waals surface area contributed by atoms with Crippen LogP contribution in [0, 0.1) is 0 Å². The summed E-state index contributed by atoms with van der Waals surface area (Å²) >= 11 is 0. The molecule has 0 aliphatic carbocycles. The number of aliphatic hydroxyl groups excluding tert-OH is 2. The molecule has 0 radical (unpaired) electrons. The van der Waals surface area contributed by atoms with Crippen molar-refractivity contribution in [1.29, 1.82) is 0 Å². The lowest BCUT2D eigenvalue weighted by molar-refractivity contribution is -0.990. The fourth-order valence-electron chi connectivity index (χ4n) is 1.66. The number of nitrogens with zero attached hydrogens (tertiary/aromatic N) is 1. The van der Waals surface area contributed by atoms with Gasteiger partial charge in [-0.25, -0.2) is 4.48 Å². The summed E-state index contributed by atoms with van der Waals surface area (Å²) in [6, 6.07) is -1.04. The lowest BCUT2D eigenvalue weighted by Crippen LogP contribution is -2.62. The van der Waals surface area contributed by atoms with Gasteiger partial charge in [0.25, 0.3) is 0 Å². The van der Waals surface area contributed by atoms with E-state index in [1.165, 1.54) is 6.92 Å². The maximum atomic E-state index is 10.9. The summed E-state index contributed by atoms with van der Waals surface area (Å²) in [5, 5.41) is 29.5. The molecule has 118 valence electrons. The minimum Gasteiger partial charge on any atom is -0.544 e. The summed E-state index contributed by atoms with van der Waals surface area (Å²) in [4.78, 5) is 10.9.